The zero-order chi connectivity index (χ0) is 51.6. The molecule has 0 saturated carbocycles. The van der Waals surface area contributed by atoms with Gasteiger partial charge >= 0.3 is 22.3 Å². The first-order valence-electron chi connectivity index (χ1n) is 22.6. The van der Waals surface area contributed by atoms with E-state index in [0.717, 1.165) is 18.2 Å². The highest BCUT2D eigenvalue weighted by atomic mass is 32.3. The summed E-state index contributed by atoms with van der Waals surface area (Å²) in [6, 6.07) is 5.58. The number of aliphatic hydroxyl groups is 4. The number of carbonyl (C=O) groups excluding carboxylic acids is 2. The van der Waals surface area contributed by atoms with Crippen molar-refractivity contribution in [3.05, 3.63) is 90.3 Å². The number of benzene rings is 2. The van der Waals surface area contributed by atoms with Gasteiger partial charge in [0.25, 0.3) is 11.5 Å². The van der Waals surface area contributed by atoms with Crippen LogP contribution in [0.2, 0.25) is 0 Å². The first-order valence-corrected chi connectivity index (χ1v) is 23.9. The molecule has 25 nitrogen and oxygen atoms in total. The minimum absolute atomic E-state index is 0.0136. The van der Waals surface area contributed by atoms with Gasteiger partial charge in [-0.05, 0) is 61.0 Å². The Morgan fingerprint density at radius 3 is 2.38 bits per heavy atom. The lowest BCUT2D eigenvalue weighted by atomic mass is 9.85. The molecule has 0 bridgehead atoms. The number of carboxylic acid groups (broad SMARTS) is 1. The summed E-state index contributed by atoms with van der Waals surface area (Å²) in [5.41, 5.74) is 7.67. The van der Waals surface area contributed by atoms with E-state index >= 15 is 4.39 Å². The number of cyclic esters (lactones) is 1. The minimum atomic E-state index is -5.42. The van der Waals surface area contributed by atoms with Gasteiger partial charge in [0, 0.05) is 58.8 Å². The van der Waals surface area contributed by atoms with Gasteiger partial charge in [-0.2, -0.15) is 0 Å². The summed E-state index contributed by atoms with van der Waals surface area (Å²) in [6.45, 7) is 2.63. The summed E-state index contributed by atoms with van der Waals surface area (Å²) in [6.07, 6.45) is -9.69. The third-order valence-electron chi connectivity index (χ3n) is 12.6. The highest BCUT2D eigenvalue weighted by Gasteiger charge is 2.49. The highest BCUT2D eigenvalue weighted by Crippen LogP contribution is 2.45. The number of hydrogen-bond acceptors (Lipinski definition) is 20. The maximum Gasteiger partial charge on any atom is 0.501 e. The van der Waals surface area contributed by atoms with Crippen LogP contribution in [-0.2, 0) is 75.3 Å². The number of aryl methyl sites for hydroxylation is 2. The van der Waals surface area contributed by atoms with Crippen molar-refractivity contribution in [3.63, 3.8) is 0 Å². The van der Waals surface area contributed by atoms with Gasteiger partial charge in [0.2, 0.25) is 6.29 Å². The molecule has 2 aromatic carbocycles. The molecular formula is C45H49FN6O19S. The zero-order valence-electron chi connectivity index (χ0n) is 38.6. The molecule has 27 heteroatoms. The van der Waals surface area contributed by atoms with Crippen LogP contribution in [0.25, 0.3) is 32.7 Å². The molecule has 1 saturated heterocycles. The van der Waals surface area contributed by atoms with Crippen LogP contribution < -0.4 is 18.7 Å². The quantitative estimate of drug-likeness (QED) is 0.0226. The van der Waals surface area contributed by atoms with Gasteiger partial charge in [0.1, 0.15) is 24.9 Å². The number of aliphatic carboxylic acids is 1. The van der Waals surface area contributed by atoms with Crippen molar-refractivity contribution in [2.75, 3.05) is 59.8 Å². The maximum absolute atomic E-state index is 16.4. The number of hydrogen-bond donors (Lipinski definition) is 5. The van der Waals surface area contributed by atoms with Crippen LogP contribution in [0.15, 0.2) is 40.2 Å². The van der Waals surface area contributed by atoms with Crippen LogP contribution in [0.5, 0.6) is 17.2 Å². The van der Waals surface area contributed by atoms with E-state index in [9.17, 15) is 53.1 Å². The van der Waals surface area contributed by atoms with Crippen molar-refractivity contribution in [1.29, 1.82) is 0 Å². The average Bonchev–Trinajstić information content (AvgIpc) is 3.73. The smallest absolute Gasteiger partial charge is 0.479 e. The summed E-state index contributed by atoms with van der Waals surface area (Å²) in [4.78, 5) is 60.6. The van der Waals surface area contributed by atoms with Crippen molar-refractivity contribution in [3.8, 4) is 28.6 Å². The highest BCUT2D eigenvalue weighted by molar-refractivity contribution is 7.82. The number of amides is 1. The Labute approximate surface area is 408 Å². The molecular weight excluding hydrogens is 980 g/mol. The number of rotatable bonds is 21. The summed E-state index contributed by atoms with van der Waals surface area (Å²) in [5, 5.41) is 56.0. The standard InChI is InChI=1S/C45H49FN6O19S/c1-3-45(61)27-18-30-34-25(20-52(30)41(57)26(27)21-67-44(45)60)23-5-4-6-24-33(23)29(49-34)19-28(46)38(24)71-72(62,63)70-32-17-22(7-8-31(32)68-43-37(55)35(53)36(54)39(69-43)42(58)59)40(56)51(2)10-12-65-14-16-66-15-13-64-11-9-48-50-47/h7-8,17-19,35-37,39,43,53-55,61H,3-6,9-16,20-21H2,1-2H3,(H,58,59)/t35-,36-,37+,39-,43?,45-/m0/s1. The number of pyridine rings is 2. The molecule has 2 aromatic heterocycles. The van der Waals surface area contributed by atoms with Crippen molar-refractivity contribution >= 4 is 39.1 Å². The summed E-state index contributed by atoms with van der Waals surface area (Å²) >= 11 is 0. The normalized spacial score (nSPS) is 22.0. The van der Waals surface area contributed by atoms with E-state index in [-0.39, 0.29) is 112 Å². The van der Waals surface area contributed by atoms with Gasteiger partial charge in [-0.3, -0.25) is 9.59 Å². The number of fused-ring (bicyclic) bond motifs is 5. The average molecular weight is 1030 g/mol. The molecule has 3 aliphatic heterocycles. The monoisotopic (exact) mass is 1030 g/mol. The van der Waals surface area contributed by atoms with Crippen LogP contribution in [0.1, 0.15) is 57.9 Å². The van der Waals surface area contributed by atoms with E-state index in [2.05, 4.69) is 10.0 Å². The molecule has 1 aliphatic carbocycles. The Kier molecular flexibility index (Phi) is 15.3. The van der Waals surface area contributed by atoms with Crippen LogP contribution >= 0.6 is 0 Å². The molecule has 5 heterocycles. The number of halogens is 1. The van der Waals surface area contributed by atoms with Crippen LogP contribution in [0.4, 0.5) is 4.39 Å². The fraction of sp³-hybridized carbons (Fsp3) is 0.489. The number of nitrogens with zero attached hydrogens (tertiary/aromatic N) is 6. The molecule has 386 valence electrons. The van der Waals surface area contributed by atoms with E-state index in [1.165, 1.54) is 28.6 Å². The van der Waals surface area contributed by atoms with Crippen LogP contribution in [-0.4, -0.2) is 157 Å². The first-order chi connectivity index (χ1) is 34.4. The van der Waals surface area contributed by atoms with E-state index in [1.807, 2.05) is 0 Å². The number of aromatic nitrogens is 2. The Morgan fingerprint density at radius 1 is 0.958 bits per heavy atom. The minimum Gasteiger partial charge on any atom is -0.479 e. The fourth-order valence-corrected chi connectivity index (χ4v) is 9.71. The first kappa shape index (κ1) is 51.8. The molecule has 4 aromatic rings. The van der Waals surface area contributed by atoms with Gasteiger partial charge in [0.15, 0.2) is 34.8 Å². The predicted molar refractivity (Wildman–Crippen MR) is 242 cm³/mol. The molecule has 1 unspecified atom stereocenters. The second kappa shape index (κ2) is 21.3. The van der Waals surface area contributed by atoms with Gasteiger partial charge < -0.3 is 71.8 Å². The summed E-state index contributed by atoms with van der Waals surface area (Å²) in [7, 11) is -4.00. The third-order valence-corrected chi connectivity index (χ3v) is 13.4. The molecule has 1 fully saturated rings. The summed E-state index contributed by atoms with van der Waals surface area (Å²) in [5.74, 6) is -6.65. The van der Waals surface area contributed by atoms with E-state index < -0.39 is 93.2 Å². The summed E-state index contributed by atoms with van der Waals surface area (Å²) < 4.78 is 88.7. The third kappa shape index (κ3) is 10.1. The van der Waals surface area contributed by atoms with E-state index in [1.54, 1.807) is 6.92 Å². The van der Waals surface area contributed by atoms with Crippen LogP contribution in [0, 0.1) is 5.82 Å². The number of azide groups is 1. The maximum atomic E-state index is 16.4. The molecule has 8 rings (SSSR count). The van der Waals surface area contributed by atoms with Crippen LogP contribution in [0.3, 0.4) is 0 Å². The van der Waals surface area contributed by atoms with Gasteiger partial charge in [-0.15, -0.1) is 8.42 Å². The topological polar surface area (TPSA) is 347 Å². The lowest BCUT2D eigenvalue weighted by Gasteiger charge is -2.38. The number of esters is 1. The Bertz CT molecular complexity index is 3020. The molecule has 4 aliphatic rings. The Morgan fingerprint density at radius 2 is 1.67 bits per heavy atom. The zero-order valence-corrected chi connectivity index (χ0v) is 39.4. The van der Waals surface area contributed by atoms with Crippen molar-refractivity contribution in [1.82, 2.24) is 14.5 Å². The van der Waals surface area contributed by atoms with Crippen molar-refractivity contribution in [2.45, 2.75) is 82.1 Å². The van der Waals surface area contributed by atoms with Gasteiger partial charge in [-0.25, -0.2) is 19.0 Å². The molecule has 0 spiro atoms. The number of likely N-dealkylation sites (N-methyl/N-ethyl adjacent to an activating group) is 1. The number of aliphatic hydroxyl groups excluding tert-OH is 3. The number of carboxylic acids is 1. The Hall–Kier alpha value is -6.52. The molecule has 72 heavy (non-hydrogen) atoms. The molecule has 0 radical (unpaired) electrons. The molecule has 1 amide bonds. The molecule has 6 atom stereocenters. The van der Waals surface area contributed by atoms with E-state index in [4.69, 9.17) is 47.3 Å². The second-order valence-electron chi connectivity index (χ2n) is 17.0. The second-order valence-corrected chi connectivity index (χ2v) is 18.2. The van der Waals surface area contributed by atoms with Gasteiger partial charge in [-0.1, -0.05) is 12.0 Å². The van der Waals surface area contributed by atoms with Crippen molar-refractivity contribution in [2.24, 2.45) is 5.11 Å². The lowest BCUT2D eigenvalue weighted by molar-refractivity contribution is -0.271. The van der Waals surface area contributed by atoms with Gasteiger partial charge in [0.05, 0.1) is 68.7 Å². The largest absolute Gasteiger partial charge is 0.501 e. The fourth-order valence-electron chi connectivity index (χ4n) is 8.94. The van der Waals surface area contributed by atoms with Crippen molar-refractivity contribution < 1.29 is 89.5 Å². The SMILES string of the molecule is CC[C@@]1(O)C(=O)OCc2c1cc1n(c2=O)Cc2c-1nc1cc(F)c(OS(=O)(=O)Oc3cc(C(=O)N(C)CCOCCOCCOCCN=[N+]=[N-])ccc3OC3O[C@H](C(=O)O)[C@@H](O)[C@H](O)[C@H]3O)c3c1c2CCC3. The number of ether oxygens (including phenoxy) is 6. The van der Waals surface area contributed by atoms with E-state index in [0.29, 0.717) is 35.0 Å². The molecule has 5 N–H and O–H groups in total. The lowest BCUT2D eigenvalue weighted by Crippen LogP contribution is -2.61. The predicted octanol–water partition coefficient (Wildman–Crippen LogP) is 1.11. The number of carbonyl (C=O) groups is 3. The Balaban J connectivity index is 1.05.